The van der Waals surface area contributed by atoms with Crippen molar-refractivity contribution in [1.29, 1.82) is 0 Å². The van der Waals surface area contributed by atoms with Gasteiger partial charge in [-0.1, -0.05) is 11.3 Å². The Labute approximate surface area is 180 Å². The topological polar surface area (TPSA) is 123 Å². The van der Waals surface area contributed by atoms with Crippen LogP contribution in [0.25, 0.3) is 0 Å². The van der Waals surface area contributed by atoms with Gasteiger partial charge in [-0.2, -0.15) is 0 Å². The van der Waals surface area contributed by atoms with Gasteiger partial charge < -0.3 is 18.7 Å². The number of aryl methyl sites for hydroxylation is 2. The summed E-state index contributed by atoms with van der Waals surface area (Å²) in [4.78, 5) is 44.1. The minimum Gasteiger partial charge on any atom is -0.503 e. The van der Waals surface area contributed by atoms with Gasteiger partial charge in [-0.3, -0.25) is 14.5 Å². The van der Waals surface area contributed by atoms with E-state index in [4.69, 9.17) is 13.6 Å². The standard InChI is InChI=1S/C21H18N2O7S/c1-4-28-20(27)18-11(3)22-21(31-18)23-15(12-6-5-9-29-12)14(17(25)19(23)26)16(24)13-8-7-10(2)30-13/h5-9,15,25H,4H2,1-3H3. The second kappa shape index (κ2) is 7.88. The van der Waals surface area contributed by atoms with Crippen LogP contribution in [0.15, 0.2) is 50.7 Å². The van der Waals surface area contributed by atoms with Gasteiger partial charge in [-0.15, -0.1) is 0 Å². The molecule has 0 aliphatic carbocycles. The molecule has 0 bridgehead atoms. The molecule has 1 amide bonds. The zero-order chi connectivity index (χ0) is 22.3. The average Bonchev–Trinajstić information content (AvgIpc) is 3.50. The predicted molar refractivity (Wildman–Crippen MR) is 109 cm³/mol. The molecule has 3 aromatic heterocycles. The third-order valence-corrected chi connectivity index (χ3v) is 5.82. The van der Waals surface area contributed by atoms with Crippen LogP contribution < -0.4 is 4.90 Å². The number of thiazole rings is 1. The average molecular weight is 442 g/mol. The van der Waals surface area contributed by atoms with Gasteiger partial charge in [0.2, 0.25) is 5.78 Å². The number of rotatable bonds is 6. The zero-order valence-electron chi connectivity index (χ0n) is 16.9. The number of carbonyl (C=O) groups is 3. The Morgan fingerprint density at radius 2 is 2.06 bits per heavy atom. The molecule has 1 N–H and O–H groups in total. The fraction of sp³-hybridized carbons (Fsp3) is 0.238. The quantitative estimate of drug-likeness (QED) is 0.450. The smallest absolute Gasteiger partial charge is 0.350 e. The third kappa shape index (κ3) is 3.44. The van der Waals surface area contributed by atoms with Gasteiger partial charge in [0, 0.05) is 0 Å². The molecule has 9 nitrogen and oxygen atoms in total. The lowest BCUT2D eigenvalue weighted by molar-refractivity contribution is -0.117. The van der Waals surface area contributed by atoms with Crippen molar-refractivity contribution < 1.29 is 33.1 Å². The van der Waals surface area contributed by atoms with Crippen molar-refractivity contribution in [2.45, 2.75) is 26.8 Å². The summed E-state index contributed by atoms with van der Waals surface area (Å²) in [6, 6.07) is 5.18. The maximum atomic E-state index is 13.1. The number of anilines is 1. The first kappa shape index (κ1) is 20.6. The first-order valence-corrected chi connectivity index (χ1v) is 10.2. The Kier molecular flexibility index (Phi) is 5.24. The van der Waals surface area contributed by atoms with Gasteiger partial charge in [0.1, 0.15) is 22.4 Å². The molecule has 4 rings (SSSR count). The van der Waals surface area contributed by atoms with E-state index in [9.17, 15) is 19.5 Å². The molecule has 1 aliphatic rings. The highest BCUT2D eigenvalue weighted by molar-refractivity contribution is 7.17. The van der Waals surface area contributed by atoms with Gasteiger partial charge in [0.15, 0.2) is 16.7 Å². The summed E-state index contributed by atoms with van der Waals surface area (Å²) in [7, 11) is 0. The molecule has 1 unspecified atom stereocenters. The normalized spacial score (nSPS) is 16.3. The molecule has 10 heteroatoms. The lowest BCUT2D eigenvalue weighted by Crippen LogP contribution is -2.30. The Bertz CT molecular complexity index is 1200. The molecular weight excluding hydrogens is 424 g/mol. The molecule has 0 aromatic carbocycles. The second-order valence-electron chi connectivity index (χ2n) is 6.73. The number of ketones is 1. The number of carbonyl (C=O) groups excluding carboxylic acids is 3. The molecule has 3 aromatic rings. The van der Waals surface area contributed by atoms with Crippen molar-refractivity contribution in [1.82, 2.24) is 4.98 Å². The van der Waals surface area contributed by atoms with E-state index in [2.05, 4.69) is 4.98 Å². The van der Waals surface area contributed by atoms with E-state index < -0.39 is 29.5 Å². The van der Waals surface area contributed by atoms with Crippen LogP contribution in [0.5, 0.6) is 0 Å². The monoisotopic (exact) mass is 442 g/mol. The van der Waals surface area contributed by atoms with Crippen LogP contribution in [-0.4, -0.2) is 34.4 Å². The van der Waals surface area contributed by atoms with Gasteiger partial charge in [0.05, 0.1) is 24.1 Å². The number of furan rings is 2. The fourth-order valence-electron chi connectivity index (χ4n) is 3.31. The molecule has 0 radical (unpaired) electrons. The molecule has 31 heavy (non-hydrogen) atoms. The summed E-state index contributed by atoms with van der Waals surface area (Å²) < 4.78 is 15.9. The number of nitrogens with zero attached hydrogens (tertiary/aromatic N) is 2. The van der Waals surface area contributed by atoms with Crippen molar-refractivity contribution in [3.8, 4) is 0 Å². The Morgan fingerprint density at radius 1 is 1.29 bits per heavy atom. The number of esters is 1. The van der Waals surface area contributed by atoms with Crippen LogP contribution in [0.4, 0.5) is 5.13 Å². The predicted octanol–water partition coefficient (Wildman–Crippen LogP) is 3.91. The largest absolute Gasteiger partial charge is 0.503 e. The van der Waals surface area contributed by atoms with Gasteiger partial charge in [0.25, 0.3) is 5.91 Å². The van der Waals surface area contributed by atoms with E-state index in [-0.39, 0.29) is 33.7 Å². The molecule has 4 heterocycles. The second-order valence-corrected chi connectivity index (χ2v) is 7.70. The molecule has 160 valence electrons. The summed E-state index contributed by atoms with van der Waals surface area (Å²) in [6.45, 7) is 5.16. The third-order valence-electron chi connectivity index (χ3n) is 4.68. The number of aliphatic hydroxyl groups is 1. The summed E-state index contributed by atoms with van der Waals surface area (Å²) in [5.74, 6) is -2.05. The molecule has 0 spiro atoms. The van der Waals surface area contributed by atoms with Crippen molar-refractivity contribution in [2.75, 3.05) is 11.5 Å². The molecule has 0 saturated heterocycles. The number of amides is 1. The van der Waals surface area contributed by atoms with E-state index >= 15 is 0 Å². The minimum absolute atomic E-state index is 0.0206. The fourth-order valence-corrected chi connectivity index (χ4v) is 4.30. The molecule has 1 aliphatic heterocycles. The van der Waals surface area contributed by atoms with Crippen molar-refractivity contribution in [2.24, 2.45) is 0 Å². The van der Waals surface area contributed by atoms with E-state index in [0.29, 0.717) is 11.5 Å². The Hall–Kier alpha value is -3.66. The number of aromatic nitrogens is 1. The molecule has 0 fully saturated rings. The summed E-state index contributed by atoms with van der Waals surface area (Å²) >= 11 is 0.931. The minimum atomic E-state index is -1.08. The van der Waals surface area contributed by atoms with E-state index in [1.807, 2.05) is 0 Å². The molecule has 0 saturated carbocycles. The highest BCUT2D eigenvalue weighted by Gasteiger charge is 2.48. The number of hydrogen-bond donors (Lipinski definition) is 1. The van der Waals surface area contributed by atoms with Crippen LogP contribution in [0.3, 0.4) is 0 Å². The van der Waals surface area contributed by atoms with Crippen LogP contribution in [0, 0.1) is 13.8 Å². The van der Waals surface area contributed by atoms with E-state index in [1.165, 1.54) is 12.3 Å². The maximum absolute atomic E-state index is 13.1. The van der Waals surface area contributed by atoms with Crippen LogP contribution in [0.2, 0.25) is 0 Å². The lowest BCUT2D eigenvalue weighted by atomic mass is 10.00. The number of hydrogen-bond acceptors (Lipinski definition) is 9. The first-order valence-electron chi connectivity index (χ1n) is 9.39. The SMILES string of the molecule is CCOC(=O)c1sc(N2C(=O)C(O)=C(C(=O)c3ccc(C)o3)C2c2ccco2)nc1C. The lowest BCUT2D eigenvalue weighted by Gasteiger charge is -2.21. The van der Waals surface area contributed by atoms with Gasteiger partial charge in [-0.05, 0) is 45.0 Å². The molecule has 1 atom stereocenters. The van der Waals surface area contributed by atoms with Crippen molar-refractivity contribution in [3.63, 3.8) is 0 Å². The Morgan fingerprint density at radius 3 is 2.68 bits per heavy atom. The highest BCUT2D eigenvalue weighted by atomic mass is 32.1. The Balaban J connectivity index is 1.81. The zero-order valence-corrected chi connectivity index (χ0v) is 17.7. The van der Waals surface area contributed by atoms with Crippen LogP contribution in [0.1, 0.15) is 50.4 Å². The first-order chi connectivity index (χ1) is 14.8. The van der Waals surface area contributed by atoms with E-state index in [1.54, 1.807) is 39.0 Å². The summed E-state index contributed by atoms with van der Waals surface area (Å²) in [5, 5.41) is 10.8. The van der Waals surface area contributed by atoms with Gasteiger partial charge in [-0.25, -0.2) is 9.78 Å². The number of Topliss-reactive ketones (excluding diaryl/α,β-unsaturated/α-hetero) is 1. The highest BCUT2D eigenvalue weighted by Crippen LogP contribution is 2.44. The van der Waals surface area contributed by atoms with Crippen molar-refractivity contribution in [3.05, 3.63) is 69.7 Å². The number of ether oxygens (including phenoxy) is 1. The molecular formula is C21H18N2O7S. The van der Waals surface area contributed by atoms with E-state index in [0.717, 1.165) is 16.2 Å². The van der Waals surface area contributed by atoms with Gasteiger partial charge >= 0.3 is 5.97 Å². The summed E-state index contributed by atoms with van der Waals surface area (Å²) in [5.41, 5.74) is 0.171. The van der Waals surface area contributed by atoms with Crippen LogP contribution >= 0.6 is 11.3 Å². The van der Waals surface area contributed by atoms with Crippen LogP contribution in [-0.2, 0) is 9.53 Å². The summed E-state index contributed by atoms with van der Waals surface area (Å²) in [6.07, 6.45) is 1.39. The number of aliphatic hydroxyl groups excluding tert-OH is 1. The maximum Gasteiger partial charge on any atom is 0.350 e. The van der Waals surface area contributed by atoms with Crippen molar-refractivity contribution >= 4 is 34.1 Å².